The quantitative estimate of drug-likeness (QED) is 0.245. The maximum atomic E-state index is 15.0. The number of hydrogen-bond acceptors (Lipinski definition) is 5. The Labute approximate surface area is 273 Å². The number of benzene rings is 4. The molecule has 46 heavy (non-hydrogen) atoms. The lowest BCUT2D eigenvalue weighted by Crippen LogP contribution is -3.00. The monoisotopic (exact) mass is 661 g/mol. The lowest BCUT2D eigenvalue weighted by molar-refractivity contribution is -0.686. The average molecular weight is 662 g/mol. The predicted molar refractivity (Wildman–Crippen MR) is 171 cm³/mol. The Morgan fingerprint density at radius 2 is 1.35 bits per heavy atom. The first-order chi connectivity index (χ1) is 21.9. The summed E-state index contributed by atoms with van der Waals surface area (Å²) in [5, 5.41) is 2.41. The summed E-state index contributed by atoms with van der Waals surface area (Å²) >= 11 is 1.26. The summed E-state index contributed by atoms with van der Waals surface area (Å²) in [6.45, 7) is 0.674. The van der Waals surface area contributed by atoms with Crippen LogP contribution in [-0.2, 0) is 19.6 Å². The highest BCUT2D eigenvalue weighted by Crippen LogP contribution is 2.37. The molecule has 2 N–H and O–H groups in total. The van der Waals surface area contributed by atoms with Crippen LogP contribution in [0.2, 0.25) is 0 Å². The van der Waals surface area contributed by atoms with Crippen LogP contribution in [-0.4, -0.2) is 23.4 Å². The van der Waals surface area contributed by atoms with E-state index in [0.29, 0.717) is 40.5 Å². The van der Waals surface area contributed by atoms with Crippen LogP contribution in [0.1, 0.15) is 16.7 Å². The van der Waals surface area contributed by atoms with E-state index in [0.717, 1.165) is 38.3 Å². The van der Waals surface area contributed by atoms with Crippen molar-refractivity contribution in [1.29, 1.82) is 0 Å². The second-order valence-electron chi connectivity index (χ2n) is 10.4. The van der Waals surface area contributed by atoms with E-state index in [4.69, 9.17) is 9.47 Å². The summed E-state index contributed by atoms with van der Waals surface area (Å²) in [5.41, 5.74) is 1.50. The maximum Gasteiger partial charge on any atom is 0.337 e. The summed E-state index contributed by atoms with van der Waals surface area (Å²) in [5.74, 6) is -0.331. The van der Waals surface area contributed by atoms with Crippen molar-refractivity contribution in [2.75, 3.05) is 14.2 Å². The number of aromatic nitrogens is 2. The lowest BCUT2D eigenvalue weighted by atomic mass is 10.1. The van der Waals surface area contributed by atoms with Crippen molar-refractivity contribution in [1.82, 2.24) is 9.13 Å². The first-order valence-corrected chi connectivity index (χ1v) is 15.1. The number of fused-ring (bicyclic) bond motifs is 1. The third-order valence-electron chi connectivity index (χ3n) is 7.70. The highest BCUT2D eigenvalue weighted by Gasteiger charge is 2.26. The molecular formula is C35H30ClF2N3O4S. The zero-order chi connectivity index (χ0) is 31.5. The highest BCUT2D eigenvalue weighted by molar-refractivity contribution is 7.22. The molecule has 0 fully saturated rings. The van der Waals surface area contributed by atoms with Crippen LogP contribution in [0.3, 0.4) is 0 Å². The van der Waals surface area contributed by atoms with E-state index in [-0.39, 0.29) is 18.0 Å². The number of ether oxygens (including phenoxy) is 2. The van der Waals surface area contributed by atoms with Crippen molar-refractivity contribution < 1.29 is 36.0 Å². The first kappa shape index (κ1) is 32.6. The smallest absolute Gasteiger partial charge is 0.337 e. The molecule has 7 nitrogen and oxygen atoms in total. The summed E-state index contributed by atoms with van der Waals surface area (Å²) < 4.78 is 42.9. The van der Waals surface area contributed by atoms with E-state index in [1.165, 1.54) is 29.1 Å². The van der Waals surface area contributed by atoms with Gasteiger partial charge in [-0.05, 0) is 66.2 Å². The Morgan fingerprint density at radius 1 is 0.739 bits per heavy atom. The van der Waals surface area contributed by atoms with Crippen molar-refractivity contribution in [2.45, 2.75) is 19.6 Å². The van der Waals surface area contributed by atoms with Crippen LogP contribution in [0.4, 0.5) is 8.78 Å². The van der Waals surface area contributed by atoms with Gasteiger partial charge in [-0.3, -0.25) is 9.36 Å². The lowest BCUT2D eigenvalue weighted by Gasteiger charge is -2.14. The third kappa shape index (κ3) is 6.32. The SMILES string of the molecule is COc1ccc(-c2sc3c(c2C[NH2+]Cc2ccccc2)c(=O)n(-c2ccc(OC)cc2)c(=O)n3Cc2c(F)cccc2F)cc1.[Cl-]. The topological polar surface area (TPSA) is 79.1 Å². The molecule has 0 saturated carbocycles. The van der Waals surface area contributed by atoms with Gasteiger partial charge >= 0.3 is 5.69 Å². The predicted octanol–water partition coefficient (Wildman–Crippen LogP) is 2.49. The molecule has 0 amide bonds. The van der Waals surface area contributed by atoms with Gasteiger partial charge in [-0.1, -0.05) is 36.4 Å². The van der Waals surface area contributed by atoms with Gasteiger partial charge in [-0.2, -0.15) is 0 Å². The van der Waals surface area contributed by atoms with Gasteiger partial charge in [0.05, 0.1) is 31.8 Å². The second kappa shape index (κ2) is 14.1. The van der Waals surface area contributed by atoms with Crippen molar-refractivity contribution in [3.05, 3.63) is 146 Å². The molecule has 0 unspecified atom stereocenters. The van der Waals surface area contributed by atoms with Gasteiger partial charge < -0.3 is 27.2 Å². The summed E-state index contributed by atoms with van der Waals surface area (Å²) in [6.07, 6.45) is 0. The summed E-state index contributed by atoms with van der Waals surface area (Å²) in [4.78, 5) is 29.7. The van der Waals surface area contributed by atoms with Crippen molar-refractivity contribution in [3.63, 3.8) is 0 Å². The van der Waals surface area contributed by atoms with Gasteiger partial charge in [-0.25, -0.2) is 18.1 Å². The number of hydrogen-bond donors (Lipinski definition) is 1. The van der Waals surface area contributed by atoms with Crippen molar-refractivity contribution in [2.24, 2.45) is 0 Å². The molecule has 0 aliphatic heterocycles. The minimum atomic E-state index is -0.777. The Morgan fingerprint density at radius 3 is 1.96 bits per heavy atom. The Hall–Kier alpha value is -4.77. The normalized spacial score (nSPS) is 11.0. The molecule has 0 radical (unpaired) electrons. The van der Waals surface area contributed by atoms with E-state index in [1.807, 2.05) is 54.6 Å². The molecule has 0 atom stereocenters. The summed E-state index contributed by atoms with van der Waals surface area (Å²) in [7, 11) is 3.11. The van der Waals surface area contributed by atoms with Crippen LogP contribution >= 0.6 is 11.3 Å². The molecule has 6 rings (SSSR count). The van der Waals surface area contributed by atoms with E-state index >= 15 is 0 Å². The summed E-state index contributed by atoms with van der Waals surface area (Å²) in [6, 6.07) is 27.5. The minimum absolute atomic E-state index is 0. The van der Waals surface area contributed by atoms with Gasteiger partial charge in [0.2, 0.25) is 0 Å². The van der Waals surface area contributed by atoms with Crippen LogP contribution in [0, 0.1) is 11.6 Å². The molecule has 0 aliphatic rings. The van der Waals surface area contributed by atoms with E-state index in [1.54, 1.807) is 31.4 Å². The standard InChI is InChI=1S/C35H29F2N3O4S.ClH/c1-43-25-15-11-23(12-16-25)32-27(20-38-19-22-7-4-3-5-8-22)31-33(41)40(24-13-17-26(44-2)18-14-24)35(42)39(34(31)45-32)21-28-29(36)9-6-10-30(28)37;/h3-18,38H,19-21H2,1-2H3;1H. The van der Waals surface area contributed by atoms with E-state index in [2.05, 4.69) is 5.32 Å². The second-order valence-corrected chi connectivity index (χ2v) is 11.4. The van der Waals surface area contributed by atoms with E-state index < -0.39 is 29.4 Å². The molecule has 4 aromatic carbocycles. The fourth-order valence-corrected chi connectivity index (χ4v) is 6.70. The Balaban J connectivity index is 0.00000417. The van der Waals surface area contributed by atoms with Crippen LogP contribution in [0.5, 0.6) is 11.5 Å². The zero-order valence-corrected chi connectivity index (χ0v) is 26.6. The maximum absolute atomic E-state index is 15.0. The van der Waals surface area contributed by atoms with Crippen LogP contribution in [0.25, 0.3) is 26.3 Å². The molecule has 2 aromatic heterocycles. The molecule has 0 bridgehead atoms. The number of rotatable bonds is 10. The molecule has 0 spiro atoms. The number of methoxy groups -OCH3 is 2. The zero-order valence-electron chi connectivity index (χ0n) is 25.0. The number of nitrogens with two attached hydrogens (primary N) is 1. The molecule has 6 aromatic rings. The van der Waals surface area contributed by atoms with Gasteiger partial charge in [0.25, 0.3) is 5.56 Å². The van der Waals surface area contributed by atoms with Gasteiger partial charge in [0.15, 0.2) is 0 Å². The first-order valence-electron chi connectivity index (χ1n) is 14.3. The van der Waals surface area contributed by atoms with Gasteiger partial charge in [-0.15, -0.1) is 11.3 Å². The number of halogens is 3. The van der Waals surface area contributed by atoms with Crippen molar-refractivity contribution in [3.8, 4) is 27.6 Å². The van der Waals surface area contributed by atoms with Crippen molar-refractivity contribution >= 4 is 21.6 Å². The highest BCUT2D eigenvalue weighted by atomic mass is 35.5. The van der Waals surface area contributed by atoms with Crippen LogP contribution < -0.4 is 38.4 Å². The van der Waals surface area contributed by atoms with E-state index in [9.17, 15) is 18.4 Å². The molecular weight excluding hydrogens is 632 g/mol. The third-order valence-corrected chi connectivity index (χ3v) is 9.01. The van der Waals surface area contributed by atoms with Gasteiger partial charge in [0, 0.05) is 21.6 Å². The minimum Gasteiger partial charge on any atom is -1.00 e. The molecule has 11 heteroatoms. The Bertz CT molecular complexity index is 2070. The number of nitrogens with zero attached hydrogens (tertiary/aromatic N) is 2. The number of thiophene rings is 1. The average Bonchev–Trinajstić information content (AvgIpc) is 3.44. The molecule has 0 saturated heterocycles. The largest absolute Gasteiger partial charge is 1.00 e. The van der Waals surface area contributed by atoms with Crippen LogP contribution in [0.15, 0.2) is 107 Å². The fraction of sp³-hybridized carbons (Fsp3) is 0.143. The molecule has 236 valence electrons. The fourth-order valence-electron chi connectivity index (χ4n) is 5.38. The molecule has 0 aliphatic carbocycles. The van der Waals surface area contributed by atoms with Gasteiger partial charge in [0.1, 0.15) is 41.1 Å². The molecule has 2 heterocycles. The Kier molecular flexibility index (Phi) is 10.0. The number of quaternary nitrogens is 1.